The Hall–Kier alpha value is -1.10. The zero-order chi connectivity index (χ0) is 11.8. The molecule has 0 unspecified atom stereocenters. The van der Waals surface area contributed by atoms with Gasteiger partial charge in [0.15, 0.2) is 0 Å². The molecule has 6 heteroatoms. The van der Waals surface area contributed by atoms with Crippen molar-refractivity contribution in [2.75, 3.05) is 17.6 Å². The Balaban J connectivity index is 2.00. The van der Waals surface area contributed by atoms with Crippen molar-refractivity contribution in [1.82, 2.24) is 15.0 Å². The Labute approximate surface area is 99.8 Å². The van der Waals surface area contributed by atoms with Crippen LogP contribution in [0.4, 0.5) is 11.9 Å². The normalized spacial score (nSPS) is 17.5. The number of rotatable bonds is 4. The maximum atomic E-state index is 5.70. The molecule has 1 aliphatic carbocycles. The molecule has 0 saturated heterocycles. The quantitative estimate of drug-likeness (QED) is 0.843. The van der Waals surface area contributed by atoms with E-state index in [2.05, 4.69) is 34.1 Å². The molecular weight excluding hydrogens is 226 g/mol. The fraction of sp³-hybridized carbons (Fsp3) is 0.700. The molecule has 5 nitrogen and oxygen atoms in total. The van der Waals surface area contributed by atoms with Crippen molar-refractivity contribution >= 4 is 23.5 Å². The van der Waals surface area contributed by atoms with Gasteiger partial charge >= 0.3 is 0 Å². The number of nitrogens with zero attached hydrogens (tertiary/aromatic N) is 3. The number of anilines is 2. The summed E-state index contributed by atoms with van der Waals surface area (Å²) in [5.74, 6) is 1.27. The van der Waals surface area contributed by atoms with Crippen LogP contribution in [0.1, 0.15) is 26.7 Å². The van der Waals surface area contributed by atoms with E-state index < -0.39 is 0 Å². The molecule has 1 fully saturated rings. The molecule has 0 aliphatic heterocycles. The van der Waals surface area contributed by atoms with Gasteiger partial charge < -0.3 is 11.1 Å². The highest BCUT2D eigenvalue weighted by Gasteiger charge is 2.45. The molecule has 1 saturated carbocycles. The van der Waals surface area contributed by atoms with E-state index in [9.17, 15) is 0 Å². The maximum Gasteiger partial charge on any atom is 0.228 e. The van der Waals surface area contributed by atoms with Gasteiger partial charge in [0.1, 0.15) is 0 Å². The molecule has 1 aromatic heterocycles. The zero-order valence-electron chi connectivity index (χ0n) is 9.50. The molecule has 0 atom stereocenters. The maximum absolute atomic E-state index is 5.70. The van der Waals surface area contributed by atoms with Crippen LogP contribution in [0.15, 0.2) is 0 Å². The first kappa shape index (κ1) is 11.4. The van der Waals surface area contributed by atoms with Crippen molar-refractivity contribution < 1.29 is 0 Å². The van der Waals surface area contributed by atoms with Gasteiger partial charge in [-0.25, -0.2) is 0 Å². The lowest BCUT2D eigenvalue weighted by Crippen LogP contribution is -2.22. The lowest BCUT2D eigenvalue weighted by Gasteiger charge is -2.19. The molecule has 0 radical (unpaired) electrons. The van der Waals surface area contributed by atoms with E-state index in [0.717, 1.165) is 6.54 Å². The van der Waals surface area contributed by atoms with Gasteiger partial charge in [-0.3, -0.25) is 0 Å². The van der Waals surface area contributed by atoms with E-state index in [1.165, 1.54) is 12.8 Å². The van der Waals surface area contributed by atoms with Crippen LogP contribution in [0, 0.1) is 11.3 Å². The summed E-state index contributed by atoms with van der Waals surface area (Å²) in [5, 5.41) is 3.31. The summed E-state index contributed by atoms with van der Waals surface area (Å²) in [6.07, 6.45) is 2.51. The largest absolute Gasteiger partial charge is 0.368 e. The van der Waals surface area contributed by atoms with Gasteiger partial charge in [0.2, 0.25) is 17.2 Å². The lowest BCUT2D eigenvalue weighted by atomic mass is 9.92. The van der Waals surface area contributed by atoms with Crippen molar-refractivity contribution in [2.24, 2.45) is 11.3 Å². The summed E-state index contributed by atoms with van der Waals surface area (Å²) < 4.78 is 0. The topological polar surface area (TPSA) is 76.7 Å². The zero-order valence-corrected chi connectivity index (χ0v) is 10.3. The van der Waals surface area contributed by atoms with Gasteiger partial charge in [0, 0.05) is 6.54 Å². The van der Waals surface area contributed by atoms with E-state index in [1.54, 1.807) is 0 Å². The fourth-order valence-corrected chi connectivity index (χ4v) is 1.99. The number of hydrogen-bond donors (Lipinski definition) is 2. The molecule has 0 amide bonds. The standard InChI is InChI=1S/C10H16ClN5/c1-6(2)10(3-4-10)5-13-9-15-7(11)14-8(12)16-9/h6H,3-5H2,1-2H3,(H3,12,13,14,15,16). The first-order valence-electron chi connectivity index (χ1n) is 5.43. The van der Waals surface area contributed by atoms with Crippen LogP contribution >= 0.6 is 11.6 Å². The predicted octanol–water partition coefficient (Wildman–Crippen LogP) is 1.96. The smallest absolute Gasteiger partial charge is 0.228 e. The molecule has 88 valence electrons. The second kappa shape index (κ2) is 4.05. The molecule has 0 aromatic carbocycles. The lowest BCUT2D eigenvalue weighted by molar-refractivity contribution is 0.379. The number of halogens is 1. The monoisotopic (exact) mass is 241 g/mol. The Kier molecular flexibility index (Phi) is 2.88. The van der Waals surface area contributed by atoms with E-state index >= 15 is 0 Å². The summed E-state index contributed by atoms with van der Waals surface area (Å²) in [5.41, 5.74) is 5.88. The van der Waals surface area contributed by atoms with E-state index in [4.69, 9.17) is 17.3 Å². The third kappa shape index (κ3) is 2.35. The number of nitrogen functional groups attached to an aromatic ring is 1. The van der Waals surface area contributed by atoms with Gasteiger partial charge in [-0.1, -0.05) is 13.8 Å². The molecule has 0 spiro atoms. The first-order chi connectivity index (χ1) is 7.52. The Morgan fingerprint density at radius 3 is 2.56 bits per heavy atom. The van der Waals surface area contributed by atoms with Gasteiger partial charge in [-0.2, -0.15) is 15.0 Å². The van der Waals surface area contributed by atoms with E-state index in [0.29, 0.717) is 17.3 Å². The Morgan fingerprint density at radius 2 is 2.06 bits per heavy atom. The van der Waals surface area contributed by atoms with Gasteiger partial charge in [-0.05, 0) is 35.8 Å². The second-order valence-corrected chi connectivity index (χ2v) is 4.99. The average molecular weight is 242 g/mol. The number of nitrogens with one attached hydrogen (secondary N) is 1. The molecule has 1 aromatic rings. The van der Waals surface area contributed by atoms with Gasteiger partial charge in [0.25, 0.3) is 0 Å². The molecule has 2 rings (SSSR count). The summed E-state index contributed by atoms with van der Waals surface area (Å²) in [6, 6.07) is 0. The summed E-state index contributed by atoms with van der Waals surface area (Å²) in [7, 11) is 0. The minimum Gasteiger partial charge on any atom is -0.368 e. The van der Waals surface area contributed by atoms with Crippen molar-refractivity contribution in [1.29, 1.82) is 0 Å². The summed E-state index contributed by atoms with van der Waals surface area (Å²) in [4.78, 5) is 11.7. The fourth-order valence-electron chi connectivity index (χ4n) is 1.82. The number of nitrogens with two attached hydrogens (primary N) is 1. The van der Waals surface area contributed by atoms with Crippen molar-refractivity contribution in [2.45, 2.75) is 26.7 Å². The van der Waals surface area contributed by atoms with Gasteiger partial charge in [-0.15, -0.1) is 0 Å². The van der Waals surface area contributed by atoms with Crippen LogP contribution in [0.25, 0.3) is 0 Å². The average Bonchev–Trinajstić information content (AvgIpc) is 2.94. The molecule has 16 heavy (non-hydrogen) atoms. The predicted molar refractivity (Wildman–Crippen MR) is 64.2 cm³/mol. The van der Waals surface area contributed by atoms with Crippen LogP contribution in [0.5, 0.6) is 0 Å². The molecule has 3 N–H and O–H groups in total. The van der Waals surface area contributed by atoms with Crippen molar-refractivity contribution in [3.63, 3.8) is 0 Å². The number of aromatic nitrogens is 3. The minimum atomic E-state index is 0.129. The van der Waals surface area contributed by atoms with Crippen LogP contribution < -0.4 is 11.1 Å². The molecule has 1 heterocycles. The highest BCUT2D eigenvalue weighted by molar-refractivity contribution is 6.28. The van der Waals surface area contributed by atoms with Crippen LogP contribution in [-0.2, 0) is 0 Å². The molecule has 1 aliphatic rings. The summed E-state index contributed by atoms with van der Waals surface area (Å²) in [6.45, 7) is 5.34. The Morgan fingerprint density at radius 1 is 1.38 bits per heavy atom. The van der Waals surface area contributed by atoms with E-state index in [1.807, 2.05) is 0 Å². The molecule has 0 bridgehead atoms. The van der Waals surface area contributed by atoms with Crippen LogP contribution in [-0.4, -0.2) is 21.5 Å². The third-order valence-corrected chi connectivity index (χ3v) is 3.51. The second-order valence-electron chi connectivity index (χ2n) is 4.66. The highest BCUT2D eigenvalue weighted by atomic mass is 35.5. The Bertz CT molecular complexity index is 369. The van der Waals surface area contributed by atoms with Gasteiger partial charge in [0.05, 0.1) is 0 Å². The first-order valence-corrected chi connectivity index (χ1v) is 5.80. The van der Waals surface area contributed by atoms with Crippen LogP contribution in [0.3, 0.4) is 0 Å². The summed E-state index contributed by atoms with van der Waals surface area (Å²) >= 11 is 5.70. The van der Waals surface area contributed by atoms with E-state index in [-0.39, 0.29) is 11.2 Å². The van der Waals surface area contributed by atoms with Crippen molar-refractivity contribution in [3.05, 3.63) is 5.28 Å². The number of hydrogen-bond acceptors (Lipinski definition) is 5. The van der Waals surface area contributed by atoms with Crippen LogP contribution in [0.2, 0.25) is 5.28 Å². The SMILES string of the molecule is CC(C)C1(CNc2nc(N)nc(Cl)n2)CC1. The minimum absolute atomic E-state index is 0.129. The third-order valence-electron chi connectivity index (χ3n) is 3.34. The van der Waals surface area contributed by atoms with Crippen molar-refractivity contribution in [3.8, 4) is 0 Å². The molecular formula is C10H16ClN5. The highest BCUT2D eigenvalue weighted by Crippen LogP contribution is 2.51.